The number of halogens is 1. The number of benzene rings is 1. The second-order valence-corrected chi connectivity index (χ2v) is 3.51. The van der Waals surface area contributed by atoms with Crippen molar-refractivity contribution in [3.8, 4) is 0 Å². The number of rotatable bonds is 4. The van der Waals surface area contributed by atoms with E-state index in [0.29, 0.717) is 0 Å². The molecule has 0 saturated carbocycles. The molecule has 3 N–H and O–H groups in total. The molecular weight excluding hydrogens is 229 g/mol. The Kier molecular flexibility index (Phi) is 4.17. The Morgan fingerprint density at radius 2 is 1.94 bits per heavy atom. The van der Waals surface area contributed by atoms with E-state index in [1.165, 1.54) is 25.1 Å². The molecule has 5 nitrogen and oxygen atoms in total. The fourth-order valence-corrected chi connectivity index (χ4v) is 1.25. The summed E-state index contributed by atoms with van der Waals surface area (Å²) in [5.74, 6) is -3.01. The van der Waals surface area contributed by atoms with Gasteiger partial charge in [-0.3, -0.25) is 4.79 Å². The van der Waals surface area contributed by atoms with Gasteiger partial charge >= 0.3 is 5.97 Å². The van der Waals surface area contributed by atoms with Crippen LogP contribution in [0.1, 0.15) is 17.3 Å². The number of hydrogen-bond acceptors (Lipinski definition) is 3. The highest BCUT2D eigenvalue weighted by molar-refractivity contribution is 5.96. The Morgan fingerprint density at radius 1 is 1.35 bits per heavy atom. The highest BCUT2D eigenvalue weighted by Crippen LogP contribution is 2.07. The maximum absolute atomic E-state index is 13.2. The lowest BCUT2D eigenvalue weighted by Crippen LogP contribution is -2.47. The zero-order valence-corrected chi connectivity index (χ0v) is 9.05. The van der Waals surface area contributed by atoms with Crippen LogP contribution in [0.25, 0.3) is 0 Å². The van der Waals surface area contributed by atoms with Gasteiger partial charge in [0.2, 0.25) is 0 Å². The zero-order valence-electron chi connectivity index (χ0n) is 9.05. The van der Waals surface area contributed by atoms with Crippen molar-refractivity contribution in [1.82, 2.24) is 5.32 Å². The van der Waals surface area contributed by atoms with Gasteiger partial charge in [-0.25, -0.2) is 9.18 Å². The Hall–Kier alpha value is -1.95. The molecule has 0 aliphatic rings. The number of nitrogens with one attached hydrogen (secondary N) is 1. The molecule has 0 heterocycles. The van der Waals surface area contributed by atoms with E-state index in [-0.39, 0.29) is 5.56 Å². The standard InChI is InChI=1S/C11H12FNO4/c1-6(14)9(11(16)17)13-10(15)7-4-2-3-5-8(7)12/h2-6,9,14H,1H3,(H,13,15)(H,16,17)/t6-,9+/m1/s1. The third kappa shape index (κ3) is 3.25. The number of carboxylic acid groups (broad SMARTS) is 1. The summed E-state index contributed by atoms with van der Waals surface area (Å²) in [6.07, 6.45) is -1.27. The zero-order chi connectivity index (χ0) is 13.0. The molecule has 1 rings (SSSR count). The van der Waals surface area contributed by atoms with Gasteiger partial charge in [0.15, 0.2) is 6.04 Å². The number of carboxylic acids is 1. The van der Waals surface area contributed by atoms with E-state index in [1.54, 1.807) is 0 Å². The monoisotopic (exact) mass is 241 g/mol. The van der Waals surface area contributed by atoms with Crippen LogP contribution in [0.2, 0.25) is 0 Å². The van der Waals surface area contributed by atoms with Gasteiger partial charge in [-0.2, -0.15) is 0 Å². The second kappa shape index (κ2) is 5.40. The van der Waals surface area contributed by atoms with Crippen molar-refractivity contribution in [2.45, 2.75) is 19.1 Å². The van der Waals surface area contributed by atoms with Crippen LogP contribution >= 0.6 is 0 Å². The Bertz CT molecular complexity index is 433. The number of aliphatic hydroxyl groups is 1. The highest BCUT2D eigenvalue weighted by Gasteiger charge is 2.26. The van der Waals surface area contributed by atoms with Gasteiger partial charge in [-0.05, 0) is 19.1 Å². The molecule has 0 bridgehead atoms. The van der Waals surface area contributed by atoms with Crippen LogP contribution in [0, 0.1) is 5.82 Å². The van der Waals surface area contributed by atoms with Crippen LogP contribution in [0.3, 0.4) is 0 Å². The van der Waals surface area contributed by atoms with Gasteiger partial charge in [0.05, 0.1) is 11.7 Å². The van der Waals surface area contributed by atoms with E-state index >= 15 is 0 Å². The molecule has 0 unspecified atom stereocenters. The van der Waals surface area contributed by atoms with Gasteiger partial charge < -0.3 is 15.5 Å². The lowest BCUT2D eigenvalue weighted by atomic mass is 10.1. The molecule has 17 heavy (non-hydrogen) atoms. The molecule has 1 aromatic carbocycles. The third-order valence-electron chi connectivity index (χ3n) is 2.15. The summed E-state index contributed by atoms with van der Waals surface area (Å²) in [6, 6.07) is 3.71. The van der Waals surface area contributed by atoms with Crippen molar-refractivity contribution in [2.24, 2.45) is 0 Å². The molecule has 1 aromatic rings. The lowest BCUT2D eigenvalue weighted by Gasteiger charge is -2.17. The molecule has 0 radical (unpaired) electrons. The van der Waals surface area contributed by atoms with E-state index < -0.39 is 29.8 Å². The fraction of sp³-hybridized carbons (Fsp3) is 0.273. The maximum Gasteiger partial charge on any atom is 0.328 e. The van der Waals surface area contributed by atoms with Crippen molar-refractivity contribution in [2.75, 3.05) is 0 Å². The largest absolute Gasteiger partial charge is 0.480 e. The molecule has 1 amide bonds. The lowest BCUT2D eigenvalue weighted by molar-refractivity contribution is -0.141. The Labute approximate surface area is 96.9 Å². The number of hydrogen-bond donors (Lipinski definition) is 3. The summed E-state index contributed by atoms with van der Waals surface area (Å²) in [6.45, 7) is 1.22. The van der Waals surface area contributed by atoms with E-state index in [4.69, 9.17) is 10.2 Å². The van der Waals surface area contributed by atoms with Gasteiger partial charge in [-0.1, -0.05) is 12.1 Å². The average Bonchev–Trinajstić information content (AvgIpc) is 2.25. The summed E-state index contributed by atoms with van der Waals surface area (Å²) < 4.78 is 13.2. The summed E-state index contributed by atoms with van der Waals surface area (Å²) in [7, 11) is 0. The average molecular weight is 241 g/mol. The van der Waals surface area contributed by atoms with Crippen LogP contribution < -0.4 is 5.32 Å². The summed E-state index contributed by atoms with van der Waals surface area (Å²) >= 11 is 0. The number of amides is 1. The molecule has 6 heteroatoms. The molecule has 0 aliphatic heterocycles. The minimum absolute atomic E-state index is 0.264. The summed E-state index contributed by atoms with van der Waals surface area (Å²) in [4.78, 5) is 22.3. The van der Waals surface area contributed by atoms with Crippen molar-refractivity contribution < 1.29 is 24.2 Å². The van der Waals surface area contributed by atoms with Crippen LogP contribution in [0.5, 0.6) is 0 Å². The maximum atomic E-state index is 13.2. The quantitative estimate of drug-likeness (QED) is 0.711. The van der Waals surface area contributed by atoms with Crippen LogP contribution in [0.4, 0.5) is 4.39 Å². The van der Waals surface area contributed by atoms with Gasteiger partial charge in [0.1, 0.15) is 5.82 Å². The molecule has 2 atom stereocenters. The molecule has 0 aliphatic carbocycles. The number of carbonyl (C=O) groups excluding carboxylic acids is 1. The molecule has 0 saturated heterocycles. The number of aliphatic carboxylic acids is 1. The first kappa shape index (κ1) is 13.1. The SMILES string of the molecule is C[C@@H](O)[C@H](NC(=O)c1ccccc1F)C(=O)O. The van der Waals surface area contributed by atoms with E-state index in [9.17, 15) is 14.0 Å². The fourth-order valence-electron chi connectivity index (χ4n) is 1.25. The van der Waals surface area contributed by atoms with Gasteiger partial charge in [0, 0.05) is 0 Å². The van der Waals surface area contributed by atoms with Crippen LogP contribution in [-0.2, 0) is 4.79 Å². The number of aliphatic hydroxyl groups excluding tert-OH is 1. The Morgan fingerprint density at radius 3 is 2.41 bits per heavy atom. The summed E-state index contributed by atoms with van der Waals surface area (Å²) in [5, 5.41) is 19.9. The number of carbonyl (C=O) groups is 2. The van der Waals surface area contributed by atoms with Crippen molar-refractivity contribution in [1.29, 1.82) is 0 Å². The van der Waals surface area contributed by atoms with Gasteiger partial charge in [0.25, 0.3) is 5.91 Å². The van der Waals surface area contributed by atoms with E-state index in [2.05, 4.69) is 0 Å². The van der Waals surface area contributed by atoms with Gasteiger partial charge in [-0.15, -0.1) is 0 Å². The molecule has 0 spiro atoms. The topological polar surface area (TPSA) is 86.6 Å². The normalized spacial score (nSPS) is 13.8. The molecule has 0 fully saturated rings. The van der Waals surface area contributed by atoms with E-state index in [0.717, 1.165) is 6.07 Å². The molecule has 92 valence electrons. The highest BCUT2D eigenvalue weighted by atomic mass is 19.1. The smallest absolute Gasteiger partial charge is 0.328 e. The minimum atomic E-state index is -1.47. The molecule has 0 aromatic heterocycles. The van der Waals surface area contributed by atoms with Crippen molar-refractivity contribution in [3.63, 3.8) is 0 Å². The van der Waals surface area contributed by atoms with Crippen molar-refractivity contribution in [3.05, 3.63) is 35.6 Å². The van der Waals surface area contributed by atoms with Crippen LogP contribution in [-0.4, -0.2) is 34.2 Å². The van der Waals surface area contributed by atoms with Crippen LogP contribution in [0.15, 0.2) is 24.3 Å². The molecular formula is C11H12FNO4. The summed E-state index contributed by atoms with van der Waals surface area (Å²) in [5.41, 5.74) is -0.264. The third-order valence-corrected chi connectivity index (χ3v) is 2.15. The second-order valence-electron chi connectivity index (χ2n) is 3.51. The van der Waals surface area contributed by atoms with E-state index in [1.807, 2.05) is 5.32 Å². The first-order valence-corrected chi connectivity index (χ1v) is 4.89. The van der Waals surface area contributed by atoms with Crippen molar-refractivity contribution >= 4 is 11.9 Å². The predicted octanol–water partition coefficient (Wildman–Crippen LogP) is 0.389. The first-order chi connectivity index (χ1) is 7.93. The minimum Gasteiger partial charge on any atom is -0.480 e. The Balaban J connectivity index is 2.85. The first-order valence-electron chi connectivity index (χ1n) is 4.89. The predicted molar refractivity (Wildman–Crippen MR) is 57.0 cm³/mol.